The number of hydrogen-bond donors (Lipinski definition) is 3. The molecule has 3 unspecified atom stereocenters. The second-order valence-electron chi connectivity index (χ2n) is 9.57. The summed E-state index contributed by atoms with van der Waals surface area (Å²) in [6.45, 7) is 1.69. The molecule has 160 valence electrons. The Balaban J connectivity index is 1.20. The molecule has 1 saturated heterocycles. The van der Waals surface area contributed by atoms with Crippen molar-refractivity contribution in [2.45, 2.75) is 68.5 Å². The van der Waals surface area contributed by atoms with Crippen molar-refractivity contribution in [3.63, 3.8) is 0 Å². The predicted octanol–water partition coefficient (Wildman–Crippen LogP) is 0.769. The first-order chi connectivity index (χ1) is 14.3. The monoisotopic (exact) mass is 414 g/mol. The van der Waals surface area contributed by atoms with E-state index in [9.17, 15) is 15.0 Å². The van der Waals surface area contributed by atoms with Crippen LogP contribution in [0.15, 0.2) is 18.5 Å². The van der Waals surface area contributed by atoms with Crippen LogP contribution in [-0.4, -0.2) is 54.7 Å². The van der Waals surface area contributed by atoms with Gasteiger partial charge >= 0.3 is 5.97 Å². The first-order valence-corrected chi connectivity index (χ1v) is 10.7. The quantitative estimate of drug-likeness (QED) is 0.628. The standard InChI is InChI=1S/C21H26N4O5/c1-20(14-6-5-13-17(22)23-9-24-25(13)14)19(27)21(28)15(16(21)30-20)29-18(26)12-7-10-3-2-4-11(10)8-12/h5-6,9-12,15-16,19,27-28H,2-4,7-8H2,1H3,(H2,22,23,24)/t10?,11?,12?,15?,16-,19+,20+,21-/m1/s1. The number of esters is 1. The highest BCUT2D eigenvalue weighted by Crippen LogP contribution is 2.59. The largest absolute Gasteiger partial charge is 0.456 e. The highest BCUT2D eigenvalue weighted by atomic mass is 16.6. The maximum Gasteiger partial charge on any atom is 0.309 e. The fourth-order valence-corrected chi connectivity index (χ4v) is 6.23. The van der Waals surface area contributed by atoms with Gasteiger partial charge in [-0.1, -0.05) is 19.3 Å². The van der Waals surface area contributed by atoms with Crippen molar-refractivity contribution in [3.05, 3.63) is 24.2 Å². The fraction of sp³-hybridized carbons (Fsp3) is 0.667. The van der Waals surface area contributed by atoms with Crippen LogP contribution in [0.4, 0.5) is 5.82 Å². The van der Waals surface area contributed by atoms with Gasteiger partial charge in [0.1, 0.15) is 29.7 Å². The van der Waals surface area contributed by atoms with E-state index in [2.05, 4.69) is 10.1 Å². The number of nitrogens with zero attached hydrogens (tertiary/aromatic N) is 3. The number of rotatable bonds is 3. The number of aromatic nitrogens is 3. The van der Waals surface area contributed by atoms with Gasteiger partial charge in [0.05, 0.1) is 11.6 Å². The minimum Gasteiger partial charge on any atom is -0.456 e. The van der Waals surface area contributed by atoms with Crippen molar-refractivity contribution in [2.75, 3.05) is 5.73 Å². The first kappa shape index (κ1) is 18.5. The lowest BCUT2D eigenvalue weighted by molar-refractivity contribution is -0.168. The summed E-state index contributed by atoms with van der Waals surface area (Å²) in [6, 6.07) is 3.49. The minimum absolute atomic E-state index is 0.108. The van der Waals surface area contributed by atoms with E-state index >= 15 is 0 Å². The molecule has 9 nitrogen and oxygen atoms in total. The first-order valence-electron chi connectivity index (χ1n) is 10.7. The Hall–Kier alpha value is -2.23. The Morgan fingerprint density at radius 2 is 2.07 bits per heavy atom. The van der Waals surface area contributed by atoms with Crippen LogP contribution in [0.3, 0.4) is 0 Å². The van der Waals surface area contributed by atoms with Crippen molar-refractivity contribution in [1.29, 1.82) is 0 Å². The summed E-state index contributed by atoms with van der Waals surface area (Å²) in [6.07, 6.45) is 3.82. The number of carbonyl (C=O) groups excluding carboxylic acids is 1. The molecule has 0 amide bonds. The number of fused-ring (bicyclic) bond motifs is 3. The SMILES string of the molecule is C[C@@]1(c2ccc3c(N)ncnn23)O[C@@H]2C(OC(=O)C3CC4CCCC4C3)[C@]2(O)[C@H]1O. The number of anilines is 1. The summed E-state index contributed by atoms with van der Waals surface area (Å²) in [5.41, 5.74) is 4.19. The Morgan fingerprint density at radius 1 is 1.33 bits per heavy atom. The van der Waals surface area contributed by atoms with E-state index in [0.717, 1.165) is 12.8 Å². The van der Waals surface area contributed by atoms with Crippen LogP contribution < -0.4 is 5.73 Å². The number of aliphatic hydroxyl groups excluding tert-OH is 1. The van der Waals surface area contributed by atoms with Gasteiger partial charge in [-0.2, -0.15) is 5.10 Å². The molecule has 0 aromatic carbocycles. The van der Waals surface area contributed by atoms with Crippen LogP contribution >= 0.6 is 0 Å². The van der Waals surface area contributed by atoms with Gasteiger partial charge in [-0.25, -0.2) is 9.50 Å². The van der Waals surface area contributed by atoms with E-state index in [0.29, 0.717) is 28.9 Å². The van der Waals surface area contributed by atoms with Gasteiger partial charge in [0.15, 0.2) is 17.5 Å². The summed E-state index contributed by atoms with van der Waals surface area (Å²) < 4.78 is 13.3. The van der Waals surface area contributed by atoms with Gasteiger partial charge < -0.3 is 25.4 Å². The van der Waals surface area contributed by atoms with Gasteiger partial charge in [0.2, 0.25) is 0 Å². The molecule has 4 N–H and O–H groups in total. The summed E-state index contributed by atoms with van der Waals surface area (Å²) in [4.78, 5) is 16.7. The fourth-order valence-electron chi connectivity index (χ4n) is 6.23. The van der Waals surface area contributed by atoms with E-state index in [1.807, 2.05) is 0 Å². The van der Waals surface area contributed by atoms with Crippen molar-refractivity contribution >= 4 is 17.3 Å². The highest BCUT2D eigenvalue weighted by molar-refractivity contribution is 5.74. The van der Waals surface area contributed by atoms with Crippen LogP contribution in [-0.2, 0) is 19.9 Å². The third-order valence-corrected chi connectivity index (χ3v) is 7.97. The van der Waals surface area contributed by atoms with E-state index in [-0.39, 0.29) is 11.9 Å². The number of aliphatic hydroxyl groups is 2. The topological polar surface area (TPSA) is 132 Å². The maximum atomic E-state index is 12.7. The van der Waals surface area contributed by atoms with Crippen LogP contribution in [0.5, 0.6) is 0 Å². The lowest BCUT2D eigenvalue weighted by atomic mass is 9.91. The molecular formula is C21H26N4O5. The predicted molar refractivity (Wildman–Crippen MR) is 104 cm³/mol. The van der Waals surface area contributed by atoms with E-state index in [1.165, 1.54) is 25.6 Å². The van der Waals surface area contributed by atoms with Crippen LogP contribution in [0.25, 0.3) is 5.52 Å². The molecule has 0 radical (unpaired) electrons. The Labute approximate surface area is 173 Å². The van der Waals surface area contributed by atoms with Gasteiger partial charge in [0, 0.05) is 0 Å². The van der Waals surface area contributed by atoms with Crippen molar-refractivity contribution in [2.24, 2.45) is 17.8 Å². The third-order valence-electron chi connectivity index (χ3n) is 7.97. The third kappa shape index (κ3) is 2.25. The van der Waals surface area contributed by atoms with Gasteiger partial charge in [-0.05, 0) is 43.7 Å². The van der Waals surface area contributed by atoms with Crippen LogP contribution in [0.1, 0.15) is 44.7 Å². The number of ether oxygens (including phenoxy) is 2. The van der Waals surface area contributed by atoms with Gasteiger partial charge in [-0.15, -0.1) is 0 Å². The average Bonchev–Trinajstić information content (AvgIpc) is 3.26. The molecule has 1 aliphatic heterocycles. The molecule has 3 aliphatic carbocycles. The number of hydrogen-bond acceptors (Lipinski definition) is 8. The molecule has 3 heterocycles. The normalized spacial score (nSPS) is 44.2. The second kappa shape index (κ2) is 5.93. The van der Waals surface area contributed by atoms with Crippen molar-refractivity contribution in [3.8, 4) is 0 Å². The Kier molecular flexibility index (Phi) is 3.66. The minimum atomic E-state index is -1.62. The molecule has 0 bridgehead atoms. The summed E-state index contributed by atoms with van der Waals surface area (Å²) in [5.74, 6) is 1.19. The van der Waals surface area contributed by atoms with Crippen LogP contribution in [0, 0.1) is 17.8 Å². The zero-order chi connectivity index (χ0) is 20.8. The molecule has 0 spiro atoms. The van der Waals surface area contributed by atoms with Crippen LogP contribution in [0.2, 0.25) is 0 Å². The second-order valence-corrected chi connectivity index (χ2v) is 9.57. The molecule has 9 heteroatoms. The summed E-state index contributed by atoms with van der Waals surface area (Å²) >= 11 is 0. The van der Waals surface area contributed by atoms with Gasteiger partial charge in [0.25, 0.3) is 0 Å². The van der Waals surface area contributed by atoms with E-state index in [4.69, 9.17) is 15.2 Å². The van der Waals surface area contributed by atoms with E-state index in [1.54, 1.807) is 23.6 Å². The molecule has 4 aliphatic rings. The molecule has 6 rings (SSSR count). The Bertz CT molecular complexity index is 1030. The molecular weight excluding hydrogens is 388 g/mol. The number of nitrogen functional groups attached to an aromatic ring is 1. The van der Waals surface area contributed by atoms with E-state index < -0.39 is 29.5 Å². The lowest BCUT2D eigenvalue weighted by Crippen LogP contribution is -2.46. The van der Waals surface area contributed by atoms with Gasteiger partial charge in [-0.3, -0.25) is 4.79 Å². The number of carbonyl (C=O) groups is 1. The molecule has 4 fully saturated rings. The molecule has 7 atom stereocenters. The maximum absolute atomic E-state index is 12.7. The molecule has 2 aromatic rings. The van der Waals surface area contributed by atoms with Crippen molar-refractivity contribution < 1.29 is 24.5 Å². The summed E-state index contributed by atoms with van der Waals surface area (Å²) in [7, 11) is 0. The number of nitrogens with two attached hydrogens (primary N) is 1. The zero-order valence-electron chi connectivity index (χ0n) is 16.8. The average molecular weight is 414 g/mol. The molecule has 2 aromatic heterocycles. The highest BCUT2D eigenvalue weighted by Gasteiger charge is 2.82. The molecule has 3 saturated carbocycles. The zero-order valence-corrected chi connectivity index (χ0v) is 16.8. The molecule has 30 heavy (non-hydrogen) atoms. The Morgan fingerprint density at radius 3 is 2.73 bits per heavy atom. The lowest BCUT2D eigenvalue weighted by Gasteiger charge is -2.32. The smallest absolute Gasteiger partial charge is 0.309 e. The van der Waals surface area contributed by atoms with Crippen molar-refractivity contribution in [1.82, 2.24) is 14.6 Å². The summed E-state index contributed by atoms with van der Waals surface area (Å²) in [5, 5.41) is 26.3.